The van der Waals surface area contributed by atoms with Gasteiger partial charge < -0.3 is 33.8 Å². The molecule has 5 atom stereocenters. The van der Waals surface area contributed by atoms with Crippen LogP contribution in [-0.4, -0.2) is 96.7 Å². The third kappa shape index (κ3) is 81.9. The fraction of sp³-hybridized carbons (Fsp3) is 0.955. The number of rotatable bonds is 88. The van der Waals surface area contributed by atoms with Gasteiger partial charge in [0.2, 0.25) is 0 Å². The molecule has 0 amide bonds. The van der Waals surface area contributed by atoms with Crippen molar-refractivity contribution in [2.24, 2.45) is 5.92 Å². The van der Waals surface area contributed by atoms with Crippen LogP contribution in [0, 0.1) is 5.92 Å². The molecule has 3 N–H and O–H groups in total. The van der Waals surface area contributed by atoms with Crippen LogP contribution in [0.4, 0.5) is 0 Å². The van der Waals surface area contributed by atoms with Gasteiger partial charge in [0.1, 0.15) is 19.3 Å². The molecule has 17 nitrogen and oxygen atoms in total. The summed E-state index contributed by atoms with van der Waals surface area (Å²) in [7, 11) is -9.93. The molecule has 0 aliphatic heterocycles. The molecule has 107 heavy (non-hydrogen) atoms. The summed E-state index contributed by atoms with van der Waals surface area (Å²) >= 11 is 0. The first-order chi connectivity index (χ1) is 52.0. The van der Waals surface area contributed by atoms with Gasteiger partial charge in [0.05, 0.1) is 26.4 Å². The quantitative estimate of drug-likeness (QED) is 0.0222. The summed E-state index contributed by atoms with van der Waals surface area (Å²) in [6.07, 6.45) is 74.9. The summed E-state index contributed by atoms with van der Waals surface area (Å²) in [6.45, 7) is 7.40. The Labute approximate surface area is 658 Å². The van der Waals surface area contributed by atoms with Gasteiger partial charge in [-0.1, -0.05) is 426 Å². The number of hydrogen-bond acceptors (Lipinski definition) is 15. The number of carbonyl (C=O) groups excluding carboxylic acids is 4. The molecular weight excluding hydrogens is 1390 g/mol. The van der Waals surface area contributed by atoms with E-state index in [1.165, 1.54) is 302 Å². The Morgan fingerprint density at radius 3 is 0.636 bits per heavy atom. The third-order valence-corrected chi connectivity index (χ3v) is 22.7. The highest BCUT2D eigenvalue weighted by molar-refractivity contribution is 7.47. The predicted molar refractivity (Wildman–Crippen MR) is 442 cm³/mol. The van der Waals surface area contributed by atoms with E-state index >= 15 is 0 Å². The van der Waals surface area contributed by atoms with Gasteiger partial charge in [-0.05, 0) is 31.6 Å². The highest BCUT2D eigenvalue weighted by atomic mass is 31.2. The lowest BCUT2D eigenvalue weighted by Crippen LogP contribution is -2.30. The lowest BCUT2D eigenvalue weighted by molar-refractivity contribution is -0.161. The number of aliphatic hydroxyl groups is 1. The van der Waals surface area contributed by atoms with Crippen LogP contribution in [0.3, 0.4) is 0 Å². The molecule has 2 unspecified atom stereocenters. The predicted octanol–water partition coefficient (Wildman–Crippen LogP) is 27.2. The lowest BCUT2D eigenvalue weighted by atomic mass is 10.0. The van der Waals surface area contributed by atoms with Crippen molar-refractivity contribution >= 4 is 39.5 Å². The number of carbonyl (C=O) groups is 4. The molecular formula is C88H172O17P2. The molecule has 0 heterocycles. The van der Waals surface area contributed by atoms with Crippen LogP contribution < -0.4 is 0 Å². The first-order valence-corrected chi connectivity index (χ1v) is 48.6. The number of phosphoric ester groups is 2. The van der Waals surface area contributed by atoms with Crippen LogP contribution in [0.2, 0.25) is 0 Å². The number of unbranched alkanes of at least 4 members (excludes halogenated alkanes) is 60. The van der Waals surface area contributed by atoms with Crippen molar-refractivity contribution < 1.29 is 80.2 Å². The number of esters is 4. The van der Waals surface area contributed by atoms with E-state index in [-0.39, 0.29) is 25.7 Å². The zero-order valence-electron chi connectivity index (χ0n) is 70.3. The van der Waals surface area contributed by atoms with Crippen molar-refractivity contribution in [3.05, 3.63) is 0 Å². The highest BCUT2D eigenvalue weighted by Gasteiger charge is 2.30. The Kier molecular flexibility index (Phi) is 79.2. The first kappa shape index (κ1) is 105. The van der Waals surface area contributed by atoms with E-state index in [0.717, 1.165) is 95.8 Å². The van der Waals surface area contributed by atoms with E-state index in [1.807, 2.05) is 0 Å². The first-order valence-electron chi connectivity index (χ1n) is 45.6. The average Bonchev–Trinajstić information content (AvgIpc) is 0.969. The van der Waals surface area contributed by atoms with E-state index < -0.39 is 97.5 Å². The molecule has 0 radical (unpaired) electrons. The molecule has 0 aromatic heterocycles. The Morgan fingerprint density at radius 1 is 0.252 bits per heavy atom. The second-order valence-electron chi connectivity index (χ2n) is 32.1. The van der Waals surface area contributed by atoms with Gasteiger partial charge in [-0.3, -0.25) is 37.3 Å². The van der Waals surface area contributed by atoms with E-state index in [9.17, 15) is 43.2 Å². The van der Waals surface area contributed by atoms with Crippen molar-refractivity contribution in [3.8, 4) is 0 Å². The Morgan fingerprint density at radius 2 is 0.430 bits per heavy atom. The van der Waals surface area contributed by atoms with Crippen LogP contribution in [0.5, 0.6) is 0 Å². The molecule has 0 aromatic carbocycles. The number of ether oxygens (including phenoxy) is 4. The fourth-order valence-corrected chi connectivity index (χ4v) is 15.4. The molecule has 0 aliphatic rings. The van der Waals surface area contributed by atoms with E-state index in [2.05, 4.69) is 34.6 Å². The summed E-state index contributed by atoms with van der Waals surface area (Å²) in [5, 5.41) is 10.7. The van der Waals surface area contributed by atoms with Crippen LogP contribution in [0.15, 0.2) is 0 Å². The topological polar surface area (TPSA) is 237 Å². The largest absolute Gasteiger partial charge is 0.472 e. The molecule has 0 rings (SSSR count). The Bertz CT molecular complexity index is 2030. The average molecular weight is 1560 g/mol. The summed E-state index contributed by atoms with van der Waals surface area (Å²) in [6, 6.07) is 0. The third-order valence-electron chi connectivity index (χ3n) is 20.8. The number of hydrogen-bond donors (Lipinski definition) is 3. The molecule has 19 heteroatoms. The molecule has 0 aromatic rings. The molecule has 0 aliphatic carbocycles. The van der Waals surface area contributed by atoms with Crippen LogP contribution >= 0.6 is 15.6 Å². The summed E-state index contributed by atoms with van der Waals surface area (Å²) < 4.78 is 69.0. The molecule has 0 spiro atoms. The van der Waals surface area contributed by atoms with Crippen LogP contribution in [0.1, 0.15) is 478 Å². The zero-order valence-corrected chi connectivity index (χ0v) is 72.1. The molecule has 0 fully saturated rings. The summed E-state index contributed by atoms with van der Waals surface area (Å²) in [5.41, 5.74) is 0. The SMILES string of the molecule is CCCCCCCCCCCCCCCCCCCCCC(=O)OC[C@H](COP(=O)(O)OC[C@@H](O)COP(=O)(O)OC[C@@H](COC(=O)CCCCCCCCCCCCCC)OC(=O)CCCCCCCCCCCCCCCCC(C)C)OC(=O)CCCCCCCCCCCCCCCCCCCCC. The smallest absolute Gasteiger partial charge is 0.462 e. The Balaban J connectivity index is 5.25. The standard InChI is InChI=1S/C88H172O17P2/c1-6-9-12-15-18-21-24-27-29-31-33-35-37-42-47-52-57-62-67-72-86(91)99-78-84(105-87(92)73-68-63-58-53-48-43-38-36-34-32-30-28-25-22-19-16-13-10-7-2)80-103-107(96,97)101-76-82(89)75-100-106(94,95)102-79-83(77-98-85(90)71-66-61-56-51-46-26-23-20-17-14-11-8-3)104-88(93)74-69-64-59-54-49-44-40-39-41-45-50-55-60-65-70-81(4)5/h81-84,89H,6-80H2,1-5H3,(H,94,95)(H,96,97)/t82-,83+,84+/m0/s1. The maximum absolute atomic E-state index is 13.2. The van der Waals surface area contributed by atoms with E-state index in [0.29, 0.717) is 25.7 Å². The van der Waals surface area contributed by atoms with Gasteiger partial charge in [-0.25, -0.2) is 9.13 Å². The maximum Gasteiger partial charge on any atom is 0.472 e. The monoisotopic (exact) mass is 1560 g/mol. The Hall–Kier alpha value is -1.94. The minimum Gasteiger partial charge on any atom is -0.462 e. The van der Waals surface area contributed by atoms with Gasteiger partial charge in [0.15, 0.2) is 12.2 Å². The zero-order chi connectivity index (χ0) is 78.3. The maximum atomic E-state index is 13.2. The van der Waals surface area contributed by atoms with Gasteiger partial charge in [-0.15, -0.1) is 0 Å². The molecule has 636 valence electrons. The lowest BCUT2D eigenvalue weighted by Gasteiger charge is -2.21. The second kappa shape index (κ2) is 80.7. The van der Waals surface area contributed by atoms with Crippen molar-refractivity contribution in [1.82, 2.24) is 0 Å². The highest BCUT2D eigenvalue weighted by Crippen LogP contribution is 2.45. The van der Waals surface area contributed by atoms with Crippen molar-refractivity contribution in [1.29, 1.82) is 0 Å². The molecule has 0 saturated heterocycles. The van der Waals surface area contributed by atoms with Crippen molar-refractivity contribution in [2.45, 2.75) is 496 Å². The summed E-state index contributed by atoms with van der Waals surface area (Å²) in [4.78, 5) is 73.3. The fourth-order valence-electron chi connectivity index (χ4n) is 13.8. The minimum atomic E-state index is -4.97. The van der Waals surface area contributed by atoms with E-state index in [1.54, 1.807) is 0 Å². The van der Waals surface area contributed by atoms with E-state index in [4.69, 9.17) is 37.0 Å². The van der Waals surface area contributed by atoms with Crippen LogP contribution in [-0.2, 0) is 65.4 Å². The van der Waals surface area contributed by atoms with Gasteiger partial charge in [0.25, 0.3) is 0 Å². The van der Waals surface area contributed by atoms with Crippen molar-refractivity contribution in [2.75, 3.05) is 39.6 Å². The van der Waals surface area contributed by atoms with Gasteiger partial charge in [-0.2, -0.15) is 0 Å². The van der Waals surface area contributed by atoms with Crippen molar-refractivity contribution in [3.63, 3.8) is 0 Å². The normalized spacial score (nSPS) is 13.7. The minimum absolute atomic E-state index is 0.108. The number of aliphatic hydroxyl groups excluding tert-OH is 1. The van der Waals surface area contributed by atoms with Gasteiger partial charge in [0, 0.05) is 25.7 Å². The number of phosphoric acid groups is 2. The van der Waals surface area contributed by atoms with Gasteiger partial charge >= 0.3 is 39.5 Å². The summed E-state index contributed by atoms with van der Waals surface area (Å²) in [5.74, 6) is -1.30. The van der Waals surface area contributed by atoms with Crippen LogP contribution in [0.25, 0.3) is 0 Å². The second-order valence-corrected chi connectivity index (χ2v) is 35.0. The molecule has 0 bridgehead atoms. The molecule has 0 saturated carbocycles.